The molecule has 2 unspecified atom stereocenters. The Morgan fingerprint density at radius 1 is 1.33 bits per heavy atom. The third-order valence-corrected chi connectivity index (χ3v) is 6.12. The van der Waals surface area contributed by atoms with Crippen molar-refractivity contribution in [2.45, 2.75) is 12.8 Å². The number of hydrogen-bond donors (Lipinski definition) is 2. The molecule has 0 bridgehead atoms. The zero-order valence-electron chi connectivity index (χ0n) is 11.8. The van der Waals surface area contributed by atoms with Gasteiger partial charge in [-0.05, 0) is 30.4 Å². The van der Waals surface area contributed by atoms with E-state index in [0.29, 0.717) is 19.5 Å². The van der Waals surface area contributed by atoms with E-state index in [4.69, 9.17) is 0 Å². The van der Waals surface area contributed by atoms with Crippen LogP contribution in [0.4, 0.5) is 5.69 Å². The van der Waals surface area contributed by atoms with Crippen LogP contribution in [0, 0.1) is 11.8 Å². The monoisotopic (exact) mass is 308 g/mol. The van der Waals surface area contributed by atoms with Gasteiger partial charge in [0.1, 0.15) is 0 Å². The molecule has 2 aliphatic heterocycles. The lowest BCUT2D eigenvalue weighted by molar-refractivity contribution is -0.124. The lowest BCUT2D eigenvalue weighted by Crippen LogP contribution is -2.40. The maximum atomic E-state index is 12.2. The summed E-state index contributed by atoms with van der Waals surface area (Å²) in [6, 6.07) is 8.01. The first-order valence-electron chi connectivity index (χ1n) is 7.33. The first kappa shape index (κ1) is 14.4. The molecule has 2 atom stereocenters. The van der Waals surface area contributed by atoms with Crippen molar-refractivity contribution in [2.75, 3.05) is 29.9 Å². The van der Waals surface area contributed by atoms with E-state index in [1.165, 1.54) is 0 Å². The van der Waals surface area contributed by atoms with Crippen LogP contribution >= 0.6 is 0 Å². The van der Waals surface area contributed by atoms with Crippen LogP contribution in [-0.2, 0) is 21.1 Å². The van der Waals surface area contributed by atoms with Crippen molar-refractivity contribution in [1.29, 1.82) is 0 Å². The van der Waals surface area contributed by atoms with Crippen molar-refractivity contribution in [3.63, 3.8) is 0 Å². The van der Waals surface area contributed by atoms with E-state index in [9.17, 15) is 13.2 Å². The van der Waals surface area contributed by atoms with Crippen molar-refractivity contribution in [3.8, 4) is 0 Å². The largest absolute Gasteiger partial charge is 0.384 e. The average Bonchev–Trinajstić information content (AvgIpc) is 2.83. The SMILES string of the molecule is O=C(NCC1CCS(=O)(=O)C1)C1CNc2ccccc2C1. The summed E-state index contributed by atoms with van der Waals surface area (Å²) >= 11 is 0. The molecule has 1 saturated heterocycles. The van der Waals surface area contributed by atoms with Crippen molar-refractivity contribution in [1.82, 2.24) is 5.32 Å². The van der Waals surface area contributed by atoms with E-state index in [1.54, 1.807) is 0 Å². The number of benzene rings is 1. The number of para-hydroxylation sites is 1. The molecule has 0 spiro atoms. The number of amides is 1. The standard InChI is InChI=1S/C15H20N2O3S/c18-15(17-8-11-5-6-21(19,20)10-11)13-7-12-3-1-2-4-14(12)16-9-13/h1-4,11,13,16H,5-10H2,(H,17,18). The fourth-order valence-electron chi connectivity index (χ4n) is 3.05. The zero-order valence-corrected chi connectivity index (χ0v) is 12.7. The summed E-state index contributed by atoms with van der Waals surface area (Å²) in [6.07, 6.45) is 1.40. The van der Waals surface area contributed by atoms with Gasteiger partial charge in [-0.25, -0.2) is 8.42 Å². The van der Waals surface area contributed by atoms with Crippen LogP contribution in [0.1, 0.15) is 12.0 Å². The number of fused-ring (bicyclic) bond motifs is 1. The normalized spacial score (nSPS) is 26.7. The highest BCUT2D eigenvalue weighted by Gasteiger charge is 2.29. The van der Waals surface area contributed by atoms with E-state index in [-0.39, 0.29) is 29.2 Å². The van der Waals surface area contributed by atoms with E-state index in [1.807, 2.05) is 24.3 Å². The molecular formula is C15H20N2O3S. The number of hydrogen-bond acceptors (Lipinski definition) is 4. The molecule has 1 aromatic rings. The number of anilines is 1. The second kappa shape index (κ2) is 5.67. The molecule has 2 heterocycles. The maximum absolute atomic E-state index is 12.2. The Bertz CT molecular complexity index is 642. The number of carbonyl (C=O) groups is 1. The fourth-order valence-corrected chi connectivity index (χ4v) is 4.91. The first-order chi connectivity index (χ1) is 10.0. The molecule has 21 heavy (non-hydrogen) atoms. The second-order valence-corrected chi connectivity index (χ2v) is 8.18. The van der Waals surface area contributed by atoms with Crippen molar-refractivity contribution >= 4 is 21.4 Å². The van der Waals surface area contributed by atoms with Crippen LogP contribution in [0.25, 0.3) is 0 Å². The van der Waals surface area contributed by atoms with Gasteiger partial charge in [-0.2, -0.15) is 0 Å². The van der Waals surface area contributed by atoms with Gasteiger partial charge in [0.2, 0.25) is 5.91 Å². The number of rotatable bonds is 3. The summed E-state index contributed by atoms with van der Waals surface area (Å²) in [5.41, 5.74) is 2.26. The van der Waals surface area contributed by atoms with E-state index < -0.39 is 9.84 Å². The molecule has 0 aliphatic carbocycles. The van der Waals surface area contributed by atoms with Gasteiger partial charge < -0.3 is 10.6 Å². The molecule has 2 aliphatic rings. The molecule has 3 rings (SSSR count). The minimum atomic E-state index is -2.87. The number of carbonyl (C=O) groups excluding carboxylic acids is 1. The Hall–Kier alpha value is -1.56. The first-order valence-corrected chi connectivity index (χ1v) is 9.15. The Labute approximate surface area is 125 Å². The van der Waals surface area contributed by atoms with Crippen molar-refractivity contribution in [2.24, 2.45) is 11.8 Å². The fraction of sp³-hybridized carbons (Fsp3) is 0.533. The third-order valence-electron chi connectivity index (χ3n) is 4.29. The molecule has 114 valence electrons. The molecule has 5 nitrogen and oxygen atoms in total. The van der Waals surface area contributed by atoms with Gasteiger partial charge in [-0.15, -0.1) is 0 Å². The van der Waals surface area contributed by atoms with E-state index in [2.05, 4.69) is 10.6 Å². The summed E-state index contributed by atoms with van der Waals surface area (Å²) in [4.78, 5) is 12.2. The smallest absolute Gasteiger partial charge is 0.225 e. The lowest BCUT2D eigenvalue weighted by atomic mass is 9.93. The average molecular weight is 308 g/mol. The van der Waals surface area contributed by atoms with Gasteiger partial charge in [0.05, 0.1) is 17.4 Å². The molecule has 6 heteroatoms. The van der Waals surface area contributed by atoms with Gasteiger partial charge in [-0.1, -0.05) is 18.2 Å². The molecule has 0 aromatic heterocycles. The predicted octanol–water partition coefficient (Wildman–Crippen LogP) is 0.822. The Morgan fingerprint density at radius 3 is 2.90 bits per heavy atom. The molecule has 0 radical (unpaired) electrons. The van der Waals surface area contributed by atoms with E-state index in [0.717, 1.165) is 17.7 Å². The maximum Gasteiger partial charge on any atom is 0.225 e. The molecule has 2 N–H and O–H groups in total. The minimum Gasteiger partial charge on any atom is -0.384 e. The van der Waals surface area contributed by atoms with Gasteiger partial charge in [0.25, 0.3) is 0 Å². The summed E-state index contributed by atoms with van der Waals surface area (Å²) in [7, 11) is -2.87. The van der Waals surface area contributed by atoms with Crippen LogP contribution in [-0.4, -0.2) is 38.9 Å². The van der Waals surface area contributed by atoms with Crippen LogP contribution in [0.15, 0.2) is 24.3 Å². The quantitative estimate of drug-likeness (QED) is 0.867. The lowest BCUT2D eigenvalue weighted by Gasteiger charge is -2.25. The van der Waals surface area contributed by atoms with E-state index >= 15 is 0 Å². The molecular weight excluding hydrogens is 288 g/mol. The van der Waals surface area contributed by atoms with Crippen LogP contribution in [0.5, 0.6) is 0 Å². The molecule has 1 amide bonds. The Kier molecular flexibility index (Phi) is 3.89. The topological polar surface area (TPSA) is 75.3 Å². The van der Waals surface area contributed by atoms with Gasteiger partial charge in [0.15, 0.2) is 9.84 Å². The highest BCUT2D eigenvalue weighted by atomic mass is 32.2. The third kappa shape index (κ3) is 3.37. The molecule has 0 saturated carbocycles. The van der Waals surface area contributed by atoms with Crippen LogP contribution < -0.4 is 10.6 Å². The summed E-state index contributed by atoms with van der Waals surface area (Å²) in [6.45, 7) is 1.10. The minimum absolute atomic E-state index is 0.0151. The zero-order chi connectivity index (χ0) is 14.9. The predicted molar refractivity (Wildman–Crippen MR) is 81.9 cm³/mol. The van der Waals surface area contributed by atoms with Crippen LogP contribution in [0.3, 0.4) is 0 Å². The summed E-state index contributed by atoms with van der Waals surface area (Å²) < 4.78 is 22.8. The van der Waals surface area contributed by atoms with Crippen LogP contribution in [0.2, 0.25) is 0 Å². The number of sulfone groups is 1. The second-order valence-electron chi connectivity index (χ2n) is 5.95. The highest BCUT2D eigenvalue weighted by Crippen LogP contribution is 2.24. The summed E-state index contributed by atoms with van der Waals surface area (Å²) in [5, 5.41) is 6.20. The van der Waals surface area contributed by atoms with Crippen molar-refractivity contribution < 1.29 is 13.2 Å². The summed E-state index contributed by atoms with van der Waals surface area (Å²) in [5.74, 6) is 0.465. The van der Waals surface area contributed by atoms with Crippen molar-refractivity contribution in [3.05, 3.63) is 29.8 Å². The number of nitrogens with one attached hydrogen (secondary N) is 2. The Balaban J connectivity index is 1.53. The highest BCUT2D eigenvalue weighted by molar-refractivity contribution is 7.91. The van der Waals surface area contributed by atoms with Gasteiger partial charge in [-0.3, -0.25) is 4.79 Å². The Morgan fingerprint density at radius 2 is 2.14 bits per heavy atom. The van der Waals surface area contributed by atoms with Gasteiger partial charge >= 0.3 is 0 Å². The molecule has 1 aromatic carbocycles. The molecule has 1 fully saturated rings. The van der Waals surface area contributed by atoms with Gasteiger partial charge in [0, 0.05) is 18.8 Å².